The average Bonchev–Trinajstić information content (AvgIpc) is 3.36. The van der Waals surface area contributed by atoms with Gasteiger partial charge < -0.3 is 9.64 Å². The molecule has 3 aromatic rings. The average molecular weight is 527 g/mol. The quantitative estimate of drug-likeness (QED) is 0.378. The number of hydrogen-bond donors (Lipinski definition) is 0. The fraction of sp³-hybridized carbons (Fsp3) is 0.438. The van der Waals surface area contributed by atoms with Gasteiger partial charge in [0.2, 0.25) is 0 Å². The van der Waals surface area contributed by atoms with Crippen molar-refractivity contribution in [3.8, 4) is 0 Å². The highest BCUT2D eigenvalue weighted by Crippen LogP contribution is 2.47. The van der Waals surface area contributed by atoms with E-state index in [1.165, 1.54) is 23.8 Å². The van der Waals surface area contributed by atoms with Gasteiger partial charge in [-0.25, -0.2) is 4.68 Å². The van der Waals surface area contributed by atoms with Crippen molar-refractivity contribution in [3.05, 3.63) is 81.4 Å². The van der Waals surface area contributed by atoms with E-state index < -0.39 is 0 Å². The predicted octanol–water partition coefficient (Wildman–Crippen LogP) is 5.83. The molecule has 0 radical (unpaired) electrons. The smallest absolute Gasteiger partial charge is 0.306 e. The first-order valence-corrected chi connectivity index (χ1v) is 13.8. The molecule has 2 aliphatic rings. The van der Waals surface area contributed by atoms with Gasteiger partial charge in [0.05, 0.1) is 19.0 Å². The first-order valence-electron chi connectivity index (χ1n) is 13.8. The van der Waals surface area contributed by atoms with E-state index in [1.807, 2.05) is 41.6 Å². The molecule has 39 heavy (non-hydrogen) atoms. The minimum Gasteiger partial charge on any atom is -0.469 e. The number of carbonyl (C=O) groups excluding carboxylic acids is 2. The fourth-order valence-electron chi connectivity index (χ4n) is 6.28. The molecule has 1 aliphatic heterocycles. The topological polar surface area (TPSA) is 77.3 Å². The van der Waals surface area contributed by atoms with Crippen LogP contribution in [-0.4, -0.2) is 52.0 Å². The maximum absolute atomic E-state index is 13.5. The van der Waals surface area contributed by atoms with Crippen LogP contribution in [0.5, 0.6) is 0 Å². The standard InChI is InChI=1S/C32H38N4O3/c1-7-36-28-13-12-26(22(4)30(28)33-34-36)27(17-29(37)39-6)24-10-11-25-14-15-35(19-32(25,5)18-24)31(38)23-9-8-20(2)21(3)16-23/h8-13,16,27H,7,14-15,17-19H2,1-6H3/t27-,32?/m0/s1. The number of allylic oxidation sites excluding steroid dienone is 3. The van der Waals surface area contributed by atoms with Crippen molar-refractivity contribution in [1.82, 2.24) is 19.9 Å². The van der Waals surface area contributed by atoms with Crippen molar-refractivity contribution >= 4 is 22.9 Å². The summed E-state index contributed by atoms with van der Waals surface area (Å²) < 4.78 is 7.01. The molecular formula is C32H38N4O3. The fourth-order valence-corrected chi connectivity index (χ4v) is 6.28. The Morgan fingerprint density at radius 3 is 2.62 bits per heavy atom. The van der Waals surface area contributed by atoms with Crippen LogP contribution in [0.2, 0.25) is 0 Å². The lowest BCUT2D eigenvalue weighted by atomic mass is 9.67. The van der Waals surface area contributed by atoms with E-state index in [0.717, 1.165) is 52.7 Å². The summed E-state index contributed by atoms with van der Waals surface area (Å²) in [5.74, 6) is -0.303. The lowest BCUT2D eigenvalue weighted by Crippen LogP contribution is -2.47. The Kier molecular flexibility index (Phi) is 7.19. The van der Waals surface area contributed by atoms with Gasteiger partial charge in [-0.2, -0.15) is 0 Å². The van der Waals surface area contributed by atoms with Gasteiger partial charge in [0.1, 0.15) is 5.52 Å². The molecule has 1 aromatic heterocycles. The zero-order valence-electron chi connectivity index (χ0n) is 23.9. The maximum Gasteiger partial charge on any atom is 0.306 e. The molecule has 1 amide bonds. The van der Waals surface area contributed by atoms with Crippen LogP contribution in [0, 0.1) is 26.2 Å². The molecule has 0 spiro atoms. The summed E-state index contributed by atoms with van der Waals surface area (Å²) in [7, 11) is 1.44. The molecule has 2 atom stereocenters. The van der Waals surface area contributed by atoms with Gasteiger partial charge in [-0.1, -0.05) is 47.6 Å². The number of ether oxygens (including phenoxy) is 1. The van der Waals surface area contributed by atoms with Crippen LogP contribution < -0.4 is 0 Å². The molecule has 7 nitrogen and oxygen atoms in total. The third-order valence-electron chi connectivity index (χ3n) is 8.80. The van der Waals surface area contributed by atoms with Gasteiger partial charge >= 0.3 is 5.97 Å². The van der Waals surface area contributed by atoms with E-state index in [2.05, 4.69) is 55.4 Å². The maximum atomic E-state index is 13.5. The van der Waals surface area contributed by atoms with Crippen LogP contribution in [0.25, 0.3) is 11.0 Å². The molecule has 1 unspecified atom stereocenters. The number of benzene rings is 2. The Bertz CT molecular complexity index is 1520. The molecule has 7 heteroatoms. The molecule has 2 heterocycles. The number of fused-ring (bicyclic) bond motifs is 2. The summed E-state index contributed by atoms with van der Waals surface area (Å²) in [6.45, 7) is 12.6. The monoisotopic (exact) mass is 526 g/mol. The number of esters is 1. The van der Waals surface area contributed by atoms with E-state index >= 15 is 0 Å². The third kappa shape index (κ3) is 4.90. The first-order chi connectivity index (χ1) is 18.6. The second kappa shape index (κ2) is 10.4. The largest absolute Gasteiger partial charge is 0.469 e. The van der Waals surface area contributed by atoms with Gasteiger partial charge in [-0.3, -0.25) is 9.59 Å². The van der Waals surface area contributed by atoms with Crippen LogP contribution >= 0.6 is 0 Å². The number of carbonyl (C=O) groups is 2. The summed E-state index contributed by atoms with van der Waals surface area (Å²) in [5, 5.41) is 8.75. The summed E-state index contributed by atoms with van der Waals surface area (Å²) in [4.78, 5) is 28.1. The number of aromatic nitrogens is 3. The molecule has 0 bridgehead atoms. The zero-order valence-corrected chi connectivity index (χ0v) is 23.9. The number of aryl methyl sites for hydroxylation is 4. The number of rotatable bonds is 6. The van der Waals surface area contributed by atoms with Crippen molar-refractivity contribution in [2.24, 2.45) is 5.41 Å². The third-order valence-corrected chi connectivity index (χ3v) is 8.80. The first kappa shape index (κ1) is 26.9. The summed E-state index contributed by atoms with van der Waals surface area (Å²) >= 11 is 0. The van der Waals surface area contributed by atoms with Gasteiger partial charge in [-0.15, -0.1) is 5.10 Å². The minimum atomic E-state index is -0.243. The Morgan fingerprint density at radius 1 is 1.10 bits per heavy atom. The number of amides is 1. The van der Waals surface area contributed by atoms with E-state index in [-0.39, 0.29) is 29.6 Å². The normalized spacial score (nSPS) is 19.8. The highest BCUT2D eigenvalue weighted by atomic mass is 16.5. The SMILES string of the molecule is CCn1nnc2c(C)c([C@@H](CC(=O)OC)C3=CC=C4CCN(C(=O)c5ccc(C)c(C)c5)CC4(C)C3)ccc21. The second-order valence-corrected chi connectivity index (χ2v) is 11.3. The van der Waals surface area contributed by atoms with Gasteiger partial charge in [-0.05, 0) is 81.0 Å². The Morgan fingerprint density at radius 2 is 1.90 bits per heavy atom. The molecule has 2 aromatic carbocycles. The van der Waals surface area contributed by atoms with E-state index in [9.17, 15) is 9.59 Å². The van der Waals surface area contributed by atoms with Crippen molar-refractivity contribution in [1.29, 1.82) is 0 Å². The number of hydrogen-bond acceptors (Lipinski definition) is 5. The van der Waals surface area contributed by atoms with Crippen LogP contribution in [0.3, 0.4) is 0 Å². The Labute approximate surface area is 230 Å². The molecule has 1 fully saturated rings. The Hall–Kier alpha value is -3.74. The molecule has 1 saturated heterocycles. The van der Waals surface area contributed by atoms with E-state index in [4.69, 9.17) is 4.74 Å². The molecule has 0 N–H and O–H groups in total. The van der Waals surface area contributed by atoms with Gasteiger partial charge in [0.25, 0.3) is 5.91 Å². The predicted molar refractivity (Wildman–Crippen MR) is 153 cm³/mol. The second-order valence-electron chi connectivity index (χ2n) is 11.3. The van der Waals surface area contributed by atoms with Crippen LogP contribution in [0.4, 0.5) is 0 Å². The van der Waals surface area contributed by atoms with Crippen LogP contribution in [-0.2, 0) is 16.1 Å². The number of methoxy groups -OCH3 is 1. The van der Waals surface area contributed by atoms with E-state index in [1.54, 1.807) is 0 Å². The highest BCUT2D eigenvalue weighted by molar-refractivity contribution is 5.94. The van der Waals surface area contributed by atoms with Gasteiger partial charge in [0.15, 0.2) is 0 Å². The van der Waals surface area contributed by atoms with Crippen molar-refractivity contribution in [3.63, 3.8) is 0 Å². The lowest BCUT2D eigenvalue weighted by molar-refractivity contribution is -0.140. The number of nitrogens with zero attached hydrogens (tertiary/aromatic N) is 4. The molecule has 5 rings (SSSR count). The summed E-state index contributed by atoms with van der Waals surface area (Å²) in [6, 6.07) is 10.1. The lowest BCUT2D eigenvalue weighted by Gasteiger charge is -2.45. The number of piperidine rings is 1. The molecule has 204 valence electrons. The van der Waals surface area contributed by atoms with Crippen molar-refractivity contribution in [2.75, 3.05) is 20.2 Å². The Balaban J connectivity index is 1.46. The van der Waals surface area contributed by atoms with Gasteiger partial charge in [0, 0.05) is 36.5 Å². The molecule has 1 aliphatic carbocycles. The van der Waals surface area contributed by atoms with Crippen molar-refractivity contribution in [2.45, 2.75) is 66.3 Å². The van der Waals surface area contributed by atoms with Crippen LogP contribution in [0.15, 0.2) is 53.6 Å². The van der Waals surface area contributed by atoms with Crippen LogP contribution in [0.1, 0.15) is 71.6 Å². The zero-order chi connectivity index (χ0) is 27.9. The highest BCUT2D eigenvalue weighted by Gasteiger charge is 2.41. The summed E-state index contributed by atoms with van der Waals surface area (Å²) in [5.41, 5.74) is 9.38. The molecule has 0 saturated carbocycles. The summed E-state index contributed by atoms with van der Waals surface area (Å²) in [6.07, 6.45) is 6.29. The minimum absolute atomic E-state index is 0.0842. The number of likely N-dealkylation sites (tertiary alicyclic amines) is 1. The van der Waals surface area contributed by atoms with E-state index in [0.29, 0.717) is 13.1 Å². The molecular weight excluding hydrogens is 488 g/mol. The van der Waals surface area contributed by atoms with Crippen molar-refractivity contribution < 1.29 is 14.3 Å².